The summed E-state index contributed by atoms with van der Waals surface area (Å²) >= 11 is 0. The lowest BCUT2D eigenvalue weighted by Crippen LogP contribution is -2.57. The topological polar surface area (TPSA) is 18.5 Å². The van der Waals surface area contributed by atoms with Crippen LogP contribution in [0.25, 0.3) is 0 Å². The third-order valence-electron chi connectivity index (χ3n) is 5.42. The van der Waals surface area contributed by atoms with Crippen LogP contribution >= 0.6 is 0 Å². The lowest BCUT2D eigenvalue weighted by molar-refractivity contribution is 0.464. The molecule has 2 nitrogen and oxygen atoms in total. The van der Waals surface area contributed by atoms with E-state index in [9.17, 15) is 0 Å². The fraction of sp³-hybridized carbons (Fsp3) is 0.217. The molecule has 0 saturated heterocycles. The Labute approximate surface area is 154 Å². The van der Waals surface area contributed by atoms with Crippen LogP contribution in [-0.4, -0.2) is 6.71 Å². The molecular formula is C23H21BO2. The second-order valence-corrected chi connectivity index (χ2v) is 8.35. The van der Waals surface area contributed by atoms with E-state index in [1.54, 1.807) is 0 Å². The highest BCUT2D eigenvalue weighted by molar-refractivity contribution is 6.98. The van der Waals surface area contributed by atoms with E-state index in [-0.39, 0.29) is 12.1 Å². The molecule has 3 aromatic carbocycles. The predicted molar refractivity (Wildman–Crippen MR) is 108 cm³/mol. The molecule has 128 valence electrons. The van der Waals surface area contributed by atoms with Crippen LogP contribution in [0.15, 0.2) is 54.6 Å². The van der Waals surface area contributed by atoms with Gasteiger partial charge in [0.05, 0.1) is 0 Å². The van der Waals surface area contributed by atoms with Crippen molar-refractivity contribution in [1.29, 1.82) is 0 Å². The summed E-state index contributed by atoms with van der Waals surface area (Å²) in [5.41, 5.74) is 6.20. The number of ether oxygens (including phenoxy) is 2. The van der Waals surface area contributed by atoms with Crippen molar-refractivity contribution < 1.29 is 9.47 Å². The highest BCUT2D eigenvalue weighted by Gasteiger charge is 2.40. The third kappa shape index (κ3) is 2.20. The van der Waals surface area contributed by atoms with Gasteiger partial charge in [-0.15, -0.1) is 0 Å². The Kier molecular flexibility index (Phi) is 3.09. The molecule has 0 N–H and O–H groups in total. The number of fused-ring (bicyclic) bond motifs is 4. The Morgan fingerprint density at radius 1 is 0.731 bits per heavy atom. The molecule has 0 spiro atoms. The summed E-state index contributed by atoms with van der Waals surface area (Å²) in [6.45, 7) is 9.00. The van der Waals surface area contributed by atoms with Crippen LogP contribution in [0.4, 0.5) is 0 Å². The van der Waals surface area contributed by atoms with Crippen molar-refractivity contribution in [3.63, 3.8) is 0 Å². The first-order chi connectivity index (χ1) is 12.4. The van der Waals surface area contributed by atoms with Crippen LogP contribution in [0, 0.1) is 6.92 Å². The minimum atomic E-state index is 0.0934. The molecule has 0 saturated carbocycles. The molecule has 2 aliphatic heterocycles. The molecular weight excluding hydrogens is 319 g/mol. The zero-order valence-electron chi connectivity index (χ0n) is 15.6. The van der Waals surface area contributed by atoms with Gasteiger partial charge in [-0.2, -0.15) is 0 Å². The minimum absolute atomic E-state index is 0.0934. The van der Waals surface area contributed by atoms with E-state index in [4.69, 9.17) is 9.47 Å². The van der Waals surface area contributed by atoms with Gasteiger partial charge in [0, 0.05) is 5.46 Å². The average Bonchev–Trinajstić information content (AvgIpc) is 2.60. The second kappa shape index (κ2) is 5.17. The molecule has 2 heterocycles. The van der Waals surface area contributed by atoms with Crippen molar-refractivity contribution in [3.05, 3.63) is 65.7 Å². The summed E-state index contributed by atoms with van der Waals surface area (Å²) in [6.07, 6.45) is 0. The number of hydrogen-bond donors (Lipinski definition) is 0. The largest absolute Gasteiger partial charge is 0.458 e. The quantitative estimate of drug-likeness (QED) is 0.397. The maximum absolute atomic E-state index is 6.25. The molecule has 0 aliphatic carbocycles. The Hall–Kier alpha value is -2.68. The van der Waals surface area contributed by atoms with Gasteiger partial charge in [0.15, 0.2) is 0 Å². The van der Waals surface area contributed by atoms with E-state index in [1.807, 2.05) is 18.2 Å². The van der Waals surface area contributed by atoms with Crippen molar-refractivity contribution >= 4 is 23.1 Å². The van der Waals surface area contributed by atoms with Gasteiger partial charge < -0.3 is 9.47 Å². The Morgan fingerprint density at radius 3 is 2.19 bits per heavy atom. The highest BCUT2D eigenvalue weighted by Crippen LogP contribution is 2.35. The van der Waals surface area contributed by atoms with E-state index in [0.29, 0.717) is 0 Å². The highest BCUT2D eigenvalue weighted by atomic mass is 16.5. The van der Waals surface area contributed by atoms with E-state index in [1.165, 1.54) is 22.1 Å². The first kappa shape index (κ1) is 15.6. The Balaban J connectivity index is 1.80. The predicted octanol–water partition coefficient (Wildman–Crippen LogP) is 4.02. The van der Waals surface area contributed by atoms with Crippen LogP contribution in [0.3, 0.4) is 0 Å². The fourth-order valence-electron chi connectivity index (χ4n) is 4.00. The molecule has 0 radical (unpaired) electrons. The molecule has 26 heavy (non-hydrogen) atoms. The molecule has 0 amide bonds. The summed E-state index contributed by atoms with van der Waals surface area (Å²) in [5, 5.41) is 0. The van der Waals surface area contributed by atoms with Gasteiger partial charge in [-0.05, 0) is 58.7 Å². The van der Waals surface area contributed by atoms with E-state index in [0.717, 1.165) is 28.5 Å². The van der Waals surface area contributed by atoms with Crippen molar-refractivity contribution in [2.45, 2.75) is 33.1 Å². The molecule has 0 bridgehead atoms. The maximum atomic E-state index is 6.25. The van der Waals surface area contributed by atoms with Crippen molar-refractivity contribution in [3.8, 4) is 23.0 Å². The molecule has 0 fully saturated rings. The standard InChI is InChI=1S/C23H21BO2/c1-14-8-10-16-21(12-14)26-20-7-5-6-19-22(20)24(16)17-13-15(23(2,3)4)9-11-18(17)25-19/h5-13H,1-4H3. The first-order valence-corrected chi connectivity index (χ1v) is 9.15. The molecule has 3 aromatic rings. The van der Waals surface area contributed by atoms with E-state index >= 15 is 0 Å². The lowest BCUT2D eigenvalue weighted by atomic mass is 9.34. The summed E-state index contributed by atoms with van der Waals surface area (Å²) in [6, 6.07) is 19.2. The van der Waals surface area contributed by atoms with Gasteiger partial charge in [-0.1, -0.05) is 51.1 Å². The molecule has 0 atom stereocenters. The van der Waals surface area contributed by atoms with Crippen LogP contribution in [-0.2, 0) is 5.41 Å². The van der Waals surface area contributed by atoms with Gasteiger partial charge in [0.25, 0.3) is 6.71 Å². The van der Waals surface area contributed by atoms with Gasteiger partial charge >= 0.3 is 0 Å². The van der Waals surface area contributed by atoms with Crippen molar-refractivity contribution in [2.75, 3.05) is 0 Å². The normalized spacial score (nSPS) is 13.9. The lowest BCUT2D eigenvalue weighted by Gasteiger charge is -2.34. The van der Waals surface area contributed by atoms with E-state index in [2.05, 4.69) is 64.1 Å². The second-order valence-electron chi connectivity index (χ2n) is 8.35. The monoisotopic (exact) mass is 340 g/mol. The van der Waals surface area contributed by atoms with Crippen LogP contribution in [0.1, 0.15) is 31.9 Å². The molecule has 0 aromatic heterocycles. The average molecular weight is 340 g/mol. The number of aryl methyl sites for hydroxylation is 1. The minimum Gasteiger partial charge on any atom is -0.458 e. The van der Waals surface area contributed by atoms with Crippen molar-refractivity contribution in [1.82, 2.24) is 0 Å². The van der Waals surface area contributed by atoms with Gasteiger partial charge in [0.1, 0.15) is 23.0 Å². The summed E-state index contributed by atoms with van der Waals surface area (Å²) in [7, 11) is 0. The molecule has 5 rings (SSSR count). The van der Waals surface area contributed by atoms with Gasteiger partial charge in [-0.25, -0.2) is 0 Å². The molecule has 3 heteroatoms. The van der Waals surface area contributed by atoms with Crippen LogP contribution in [0.2, 0.25) is 0 Å². The van der Waals surface area contributed by atoms with Crippen molar-refractivity contribution in [2.24, 2.45) is 0 Å². The zero-order chi connectivity index (χ0) is 18.1. The molecule has 2 aliphatic rings. The maximum Gasteiger partial charge on any atom is 0.260 e. The Morgan fingerprint density at radius 2 is 1.46 bits per heavy atom. The first-order valence-electron chi connectivity index (χ1n) is 9.15. The van der Waals surface area contributed by atoms with Gasteiger partial charge in [0.2, 0.25) is 0 Å². The third-order valence-corrected chi connectivity index (χ3v) is 5.42. The number of benzene rings is 3. The van der Waals surface area contributed by atoms with Gasteiger partial charge in [-0.3, -0.25) is 0 Å². The molecule has 0 unspecified atom stereocenters. The summed E-state index contributed by atoms with van der Waals surface area (Å²) in [5.74, 6) is 3.70. The zero-order valence-corrected chi connectivity index (χ0v) is 15.6. The SMILES string of the molecule is Cc1ccc2c(c1)Oc1cccc3c1B2c1cc(C(C)(C)C)ccc1O3. The van der Waals surface area contributed by atoms with Crippen LogP contribution in [0.5, 0.6) is 23.0 Å². The summed E-state index contributed by atoms with van der Waals surface area (Å²) < 4.78 is 12.5. The fourth-order valence-corrected chi connectivity index (χ4v) is 4.00. The smallest absolute Gasteiger partial charge is 0.260 e. The van der Waals surface area contributed by atoms with Crippen LogP contribution < -0.4 is 25.9 Å². The summed E-state index contributed by atoms with van der Waals surface area (Å²) in [4.78, 5) is 0. The number of rotatable bonds is 0. The number of hydrogen-bond acceptors (Lipinski definition) is 2. The Bertz CT molecular complexity index is 1050. The van der Waals surface area contributed by atoms with E-state index < -0.39 is 0 Å².